The zero-order valence-corrected chi connectivity index (χ0v) is 9.65. The lowest BCUT2D eigenvalue weighted by Crippen LogP contribution is -2.35. The third-order valence-electron chi connectivity index (χ3n) is 2.37. The predicted octanol–water partition coefficient (Wildman–Crippen LogP) is 1.39. The second-order valence-electron chi connectivity index (χ2n) is 3.73. The molecule has 1 unspecified atom stereocenters. The molecule has 0 fully saturated rings. The molecular formula is C12H19N3O. The van der Waals surface area contributed by atoms with Crippen molar-refractivity contribution < 1.29 is 4.79 Å². The molecule has 4 nitrogen and oxygen atoms in total. The molecule has 1 atom stereocenters. The number of rotatable bonds is 6. The average molecular weight is 221 g/mol. The van der Waals surface area contributed by atoms with Crippen molar-refractivity contribution in [3.8, 4) is 0 Å². The molecule has 88 valence electrons. The number of nitrogens with zero attached hydrogens (tertiary/aromatic N) is 1. The molecule has 0 spiro atoms. The van der Waals surface area contributed by atoms with E-state index in [0.717, 1.165) is 19.3 Å². The molecule has 3 N–H and O–H groups in total. The van der Waals surface area contributed by atoms with E-state index in [0.29, 0.717) is 12.2 Å². The second kappa shape index (κ2) is 6.95. The van der Waals surface area contributed by atoms with Crippen LogP contribution >= 0.6 is 0 Å². The smallest absolute Gasteiger partial charge is 0.243 e. The van der Waals surface area contributed by atoms with Gasteiger partial charge in [-0.05, 0) is 18.6 Å². The highest BCUT2D eigenvalue weighted by Crippen LogP contribution is 2.05. The first-order valence-electron chi connectivity index (χ1n) is 5.70. The van der Waals surface area contributed by atoms with E-state index >= 15 is 0 Å². The van der Waals surface area contributed by atoms with Crippen molar-refractivity contribution in [3.05, 3.63) is 30.1 Å². The lowest BCUT2D eigenvalue weighted by Gasteiger charge is -2.11. The van der Waals surface area contributed by atoms with Crippen molar-refractivity contribution in [1.29, 1.82) is 0 Å². The van der Waals surface area contributed by atoms with Gasteiger partial charge in [-0.1, -0.05) is 25.8 Å². The van der Waals surface area contributed by atoms with Crippen LogP contribution in [0.15, 0.2) is 24.4 Å². The lowest BCUT2D eigenvalue weighted by molar-refractivity contribution is -0.122. The van der Waals surface area contributed by atoms with Crippen LogP contribution in [0.25, 0.3) is 0 Å². The van der Waals surface area contributed by atoms with Crippen molar-refractivity contribution in [2.45, 2.75) is 32.2 Å². The van der Waals surface area contributed by atoms with Crippen LogP contribution in [0.4, 0.5) is 0 Å². The molecule has 0 bridgehead atoms. The van der Waals surface area contributed by atoms with E-state index in [1.54, 1.807) is 18.3 Å². The van der Waals surface area contributed by atoms with Gasteiger partial charge in [0.1, 0.15) is 6.04 Å². The van der Waals surface area contributed by atoms with Crippen molar-refractivity contribution in [2.75, 3.05) is 6.54 Å². The topological polar surface area (TPSA) is 68.0 Å². The van der Waals surface area contributed by atoms with E-state index in [1.165, 1.54) is 0 Å². The Hall–Kier alpha value is -1.42. The number of aromatic nitrogens is 1. The summed E-state index contributed by atoms with van der Waals surface area (Å²) in [5, 5.41) is 2.81. The highest BCUT2D eigenvalue weighted by Gasteiger charge is 2.15. The maximum absolute atomic E-state index is 11.6. The van der Waals surface area contributed by atoms with Crippen molar-refractivity contribution in [1.82, 2.24) is 10.3 Å². The molecule has 0 saturated carbocycles. The Bertz CT molecular complexity index is 313. The predicted molar refractivity (Wildman–Crippen MR) is 63.7 cm³/mol. The van der Waals surface area contributed by atoms with Crippen molar-refractivity contribution in [3.63, 3.8) is 0 Å². The fraction of sp³-hybridized carbons (Fsp3) is 0.500. The van der Waals surface area contributed by atoms with Crippen LogP contribution in [0, 0.1) is 0 Å². The van der Waals surface area contributed by atoms with E-state index < -0.39 is 6.04 Å². The molecule has 1 aromatic heterocycles. The number of amides is 1. The summed E-state index contributed by atoms with van der Waals surface area (Å²) in [4.78, 5) is 15.7. The number of nitrogens with one attached hydrogen (secondary N) is 1. The molecular weight excluding hydrogens is 202 g/mol. The standard InChI is InChI=1S/C12H19N3O/c1-2-3-5-9-15-12(16)11(13)10-7-4-6-8-14-10/h4,6-8,11H,2-3,5,9,13H2,1H3,(H,15,16). The zero-order valence-electron chi connectivity index (χ0n) is 9.65. The van der Waals surface area contributed by atoms with Gasteiger partial charge in [0.25, 0.3) is 0 Å². The minimum Gasteiger partial charge on any atom is -0.354 e. The molecule has 1 rings (SSSR count). The van der Waals surface area contributed by atoms with Crippen LogP contribution < -0.4 is 11.1 Å². The van der Waals surface area contributed by atoms with Crippen molar-refractivity contribution >= 4 is 5.91 Å². The summed E-state index contributed by atoms with van der Waals surface area (Å²) in [5.74, 6) is -0.158. The summed E-state index contributed by atoms with van der Waals surface area (Å²) >= 11 is 0. The van der Waals surface area contributed by atoms with Gasteiger partial charge in [0.15, 0.2) is 0 Å². The minimum atomic E-state index is -0.664. The molecule has 0 aliphatic heterocycles. The monoisotopic (exact) mass is 221 g/mol. The van der Waals surface area contributed by atoms with Crippen LogP contribution in [0.1, 0.15) is 37.9 Å². The number of hydrogen-bond acceptors (Lipinski definition) is 3. The Labute approximate surface area is 96.3 Å². The Balaban J connectivity index is 2.37. The molecule has 4 heteroatoms. The fourth-order valence-electron chi connectivity index (χ4n) is 1.39. The molecule has 0 aromatic carbocycles. The van der Waals surface area contributed by atoms with Crippen LogP contribution in [-0.2, 0) is 4.79 Å². The summed E-state index contributed by atoms with van der Waals surface area (Å²) in [7, 11) is 0. The fourth-order valence-corrected chi connectivity index (χ4v) is 1.39. The van der Waals surface area contributed by atoms with Gasteiger partial charge < -0.3 is 11.1 Å². The average Bonchev–Trinajstić information content (AvgIpc) is 2.34. The summed E-state index contributed by atoms with van der Waals surface area (Å²) in [6.07, 6.45) is 4.90. The molecule has 1 heterocycles. The van der Waals surface area contributed by atoms with Crippen LogP contribution in [-0.4, -0.2) is 17.4 Å². The summed E-state index contributed by atoms with van der Waals surface area (Å²) < 4.78 is 0. The Morgan fingerprint density at radius 1 is 1.50 bits per heavy atom. The summed E-state index contributed by atoms with van der Waals surface area (Å²) in [5.41, 5.74) is 6.39. The van der Waals surface area contributed by atoms with Gasteiger partial charge in [-0.25, -0.2) is 0 Å². The quantitative estimate of drug-likeness (QED) is 0.713. The van der Waals surface area contributed by atoms with Crippen LogP contribution in [0.5, 0.6) is 0 Å². The normalized spacial score (nSPS) is 12.1. The SMILES string of the molecule is CCCCCNC(=O)C(N)c1ccccn1. The number of hydrogen-bond donors (Lipinski definition) is 2. The largest absolute Gasteiger partial charge is 0.354 e. The molecule has 1 amide bonds. The maximum Gasteiger partial charge on any atom is 0.243 e. The minimum absolute atomic E-state index is 0.158. The highest BCUT2D eigenvalue weighted by atomic mass is 16.2. The van der Waals surface area contributed by atoms with E-state index in [9.17, 15) is 4.79 Å². The van der Waals surface area contributed by atoms with Gasteiger partial charge in [-0.3, -0.25) is 9.78 Å². The highest BCUT2D eigenvalue weighted by molar-refractivity contribution is 5.82. The first-order valence-corrected chi connectivity index (χ1v) is 5.70. The molecule has 0 aliphatic rings. The Morgan fingerprint density at radius 2 is 2.31 bits per heavy atom. The number of pyridine rings is 1. The molecule has 0 saturated heterocycles. The number of carbonyl (C=O) groups is 1. The molecule has 16 heavy (non-hydrogen) atoms. The van der Waals surface area contributed by atoms with E-state index in [2.05, 4.69) is 17.2 Å². The van der Waals surface area contributed by atoms with E-state index in [1.807, 2.05) is 6.07 Å². The van der Waals surface area contributed by atoms with Crippen LogP contribution in [0.2, 0.25) is 0 Å². The molecule has 0 radical (unpaired) electrons. The molecule has 1 aromatic rings. The maximum atomic E-state index is 11.6. The van der Waals surface area contributed by atoms with Crippen molar-refractivity contribution in [2.24, 2.45) is 5.73 Å². The first kappa shape index (κ1) is 12.6. The van der Waals surface area contributed by atoms with Gasteiger partial charge in [0.05, 0.1) is 5.69 Å². The summed E-state index contributed by atoms with van der Waals surface area (Å²) in [6, 6.07) is 4.72. The number of carbonyl (C=O) groups excluding carboxylic acids is 1. The second-order valence-corrected chi connectivity index (χ2v) is 3.73. The van der Waals surface area contributed by atoms with E-state index in [4.69, 9.17) is 5.73 Å². The molecule has 0 aliphatic carbocycles. The third kappa shape index (κ3) is 3.98. The third-order valence-corrected chi connectivity index (χ3v) is 2.37. The van der Waals surface area contributed by atoms with Gasteiger partial charge in [-0.15, -0.1) is 0 Å². The Morgan fingerprint density at radius 3 is 2.94 bits per heavy atom. The van der Waals surface area contributed by atoms with Gasteiger partial charge in [0.2, 0.25) is 5.91 Å². The van der Waals surface area contributed by atoms with Gasteiger partial charge >= 0.3 is 0 Å². The lowest BCUT2D eigenvalue weighted by atomic mass is 10.2. The Kier molecular flexibility index (Phi) is 5.50. The zero-order chi connectivity index (χ0) is 11.8. The summed E-state index contributed by atoms with van der Waals surface area (Å²) in [6.45, 7) is 2.81. The van der Waals surface area contributed by atoms with E-state index in [-0.39, 0.29) is 5.91 Å². The number of unbranched alkanes of at least 4 members (excludes halogenated alkanes) is 2. The van der Waals surface area contributed by atoms with Crippen LogP contribution in [0.3, 0.4) is 0 Å². The van der Waals surface area contributed by atoms with Gasteiger partial charge in [-0.2, -0.15) is 0 Å². The number of nitrogens with two attached hydrogens (primary N) is 1. The van der Waals surface area contributed by atoms with Gasteiger partial charge in [0, 0.05) is 12.7 Å². The first-order chi connectivity index (χ1) is 7.75.